The molecule has 0 bridgehead atoms. The van der Waals surface area contributed by atoms with Crippen LogP contribution in [0.2, 0.25) is 0 Å². The van der Waals surface area contributed by atoms with Crippen molar-refractivity contribution in [3.8, 4) is 0 Å². The first-order valence-electron chi connectivity index (χ1n) is 8.23. The van der Waals surface area contributed by atoms with Gasteiger partial charge in [0.1, 0.15) is 0 Å². The minimum atomic E-state index is 0.663. The van der Waals surface area contributed by atoms with Crippen molar-refractivity contribution in [1.29, 1.82) is 0 Å². The molecule has 1 saturated heterocycles. The van der Waals surface area contributed by atoms with Crippen molar-refractivity contribution in [2.45, 2.75) is 32.7 Å². The summed E-state index contributed by atoms with van der Waals surface area (Å²) in [6.07, 6.45) is 2.45. The van der Waals surface area contributed by atoms with Crippen molar-refractivity contribution >= 4 is 16.5 Å². The molecule has 2 heteroatoms. The first-order chi connectivity index (χ1) is 10.3. The van der Waals surface area contributed by atoms with Crippen LogP contribution in [0.4, 0.5) is 5.69 Å². The third-order valence-electron chi connectivity index (χ3n) is 4.63. The van der Waals surface area contributed by atoms with E-state index in [1.165, 1.54) is 29.3 Å². The fourth-order valence-corrected chi connectivity index (χ4v) is 3.27. The van der Waals surface area contributed by atoms with Crippen LogP contribution in [0.3, 0.4) is 0 Å². The van der Waals surface area contributed by atoms with Crippen molar-refractivity contribution in [3.05, 3.63) is 42.5 Å². The fourth-order valence-electron chi connectivity index (χ4n) is 3.27. The van der Waals surface area contributed by atoms with Crippen LogP contribution in [0.5, 0.6) is 0 Å². The summed E-state index contributed by atoms with van der Waals surface area (Å²) in [6.45, 7) is 8.04. The second-order valence-corrected chi connectivity index (χ2v) is 6.38. The van der Waals surface area contributed by atoms with E-state index in [0.29, 0.717) is 12.0 Å². The van der Waals surface area contributed by atoms with Gasteiger partial charge in [-0.15, -0.1) is 0 Å². The Bertz CT molecular complexity index is 593. The van der Waals surface area contributed by atoms with Crippen molar-refractivity contribution in [2.24, 2.45) is 5.92 Å². The summed E-state index contributed by atoms with van der Waals surface area (Å²) in [5, 5.41) is 6.37. The summed E-state index contributed by atoms with van der Waals surface area (Å²) >= 11 is 0. The molecule has 0 aliphatic carbocycles. The summed E-state index contributed by atoms with van der Waals surface area (Å²) in [5.74, 6) is 0.686. The third kappa shape index (κ3) is 3.38. The second-order valence-electron chi connectivity index (χ2n) is 6.38. The topological polar surface area (TPSA) is 15.3 Å². The number of nitrogens with one attached hydrogen (secondary N) is 1. The Morgan fingerprint density at radius 1 is 1.14 bits per heavy atom. The van der Waals surface area contributed by atoms with E-state index in [1.54, 1.807) is 0 Å². The Morgan fingerprint density at radius 2 is 1.95 bits per heavy atom. The Kier molecular flexibility index (Phi) is 4.45. The zero-order valence-electron chi connectivity index (χ0n) is 13.2. The second kappa shape index (κ2) is 6.48. The number of rotatable bonds is 2. The van der Waals surface area contributed by atoms with E-state index < -0.39 is 0 Å². The van der Waals surface area contributed by atoms with Crippen LogP contribution < -0.4 is 10.2 Å². The zero-order chi connectivity index (χ0) is 14.7. The lowest BCUT2D eigenvalue weighted by Crippen LogP contribution is -2.43. The highest BCUT2D eigenvalue weighted by molar-refractivity contribution is 5.85. The molecule has 0 radical (unpaired) electrons. The van der Waals surface area contributed by atoms with Crippen molar-refractivity contribution in [2.75, 3.05) is 24.5 Å². The van der Waals surface area contributed by atoms with Gasteiger partial charge in [-0.1, -0.05) is 44.2 Å². The fraction of sp³-hybridized carbons (Fsp3) is 0.474. The molecule has 2 aromatic carbocycles. The van der Waals surface area contributed by atoms with Gasteiger partial charge in [0, 0.05) is 24.8 Å². The van der Waals surface area contributed by atoms with Gasteiger partial charge in [0.15, 0.2) is 0 Å². The van der Waals surface area contributed by atoms with E-state index in [-0.39, 0.29) is 0 Å². The van der Waals surface area contributed by atoms with Gasteiger partial charge in [-0.05, 0) is 48.2 Å². The Morgan fingerprint density at radius 3 is 2.76 bits per heavy atom. The smallest absolute Gasteiger partial charge is 0.0372 e. The molecule has 1 fully saturated rings. The number of anilines is 1. The average molecular weight is 282 g/mol. The van der Waals surface area contributed by atoms with E-state index in [0.717, 1.165) is 19.6 Å². The molecule has 0 amide bonds. The van der Waals surface area contributed by atoms with Gasteiger partial charge in [-0.3, -0.25) is 0 Å². The summed E-state index contributed by atoms with van der Waals surface area (Å²) in [5.41, 5.74) is 1.37. The lowest BCUT2D eigenvalue weighted by molar-refractivity contribution is 0.388. The van der Waals surface area contributed by atoms with Gasteiger partial charge in [-0.25, -0.2) is 0 Å². The lowest BCUT2D eigenvalue weighted by atomic mass is 10.0. The maximum atomic E-state index is 3.70. The van der Waals surface area contributed by atoms with Crippen LogP contribution in [-0.2, 0) is 0 Å². The van der Waals surface area contributed by atoms with Crippen LogP contribution in [0.25, 0.3) is 10.8 Å². The van der Waals surface area contributed by atoms with Crippen molar-refractivity contribution < 1.29 is 0 Å². The Balaban J connectivity index is 1.84. The van der Waals surface area contributed by atoms with Crippen molar-refractivity contribution in [1.82, 2.24) is 5.32 Å². The monoisotopic (exact) mass is 282 g/mol. The van der Waals surface area contributed by atoms with E-state index in [2.05, 4.69) is 66.5 Å². The molecular formula is C19H26N2. The van der Waals surface area contributed by atoms with Gasteiger partial charge in [0.05, 0.1) is 0 Å². The first-order valence-corrected chi connectivity index (χ1v) is 8.23. The van der Waals surface area contributed by atoms with Crippen LogP contribution in [0.1, 0.15) is 26.7 Å². The molecule has 21 heavy (non-hydrogen) atoms. The molecular weight excluding hydrogens is 256 g/mol. The molecule has 3 rings (SSSR count). The first kappa shape index (κ1) is 14.4. The number of benzene rings is 2. The highest BCUT2D eigenvalue weighted by atomic mass is 15.1. The molecule has 2 atom stereocenters. The Hall–Kier alpha value is -1.54. The molecule has 2 aromatic rings. The van der Waals surface area contributed by atoms with E-state index in [4.69, 9.17) is 0 Å². The molecule has 112 valence electrons. The number of hydrogen-bond donors (Lipinski definition) is 1. The van der Waals surface area contributed by atoms with Crippen LogP contribution in [0, 0.1) is 5.92 Å². The third-order valence-corrected chi connectivity index (χ3v) is 4.63. The molecule has 2 nitrogen and oxygen atoms in total. The maximum Gasteiger partial charge on any atom is 0.0372 e. The molecule has 0 aromatic heterocycles. The highest BCUT2D eigenvalue weighted by Crippen LogP contribution is 2.24. The maximum absolute atomic E-state index is 3.70. The van der Waals surface area contributed by atoms with Crippen LogP contribution in [-0.4, -0.2) is 25.7 Å². The highest BCUT2D eigenvalue weighted by Gasteiger charge is 2.18. The number of hydrogen-bond acceptors (Lipinski definition) is 2. The van der Waals surface area contributed by atoms with Gasteiger partial charge >= 0.3 is 0 Å². The van der Waals surface area contributed by atoms with E-state index in [9.17, 15) is 0 Å². The molecule has 2 unspecified atom stereocenters. The SMILES string of the molecule is CCC1CCN(c2ccc3ccccc3c2)CC(C)CN1. The minimum Gasteiger partial charge on any atom is -0.371 e. The largest absolute Gasteiger partial charge is 0.371 e. The summed E-state index contributed by atoms with van der Waals surface area (Å²) in [4.78, 5) is 2.57. The molecule has 1 N–H and O–H groups in total. The van der Waals surface area contributed by atoms with E-state index in [1.807, 2.05) is 0 Å². The summed E-state index contributed by atoms with van der Waals surface area (Å²) < 4.78 is 0. The van der Waals surface area contributed by atoms with Crippen molar-refractivity contribution in [3.63, 3.8) is 0 Å². The predicted molar refractivity (Wildman–Crippen MR) is 92.0 cm³/mol. The van der Waals surface area contributed by atoms with Gasteiger partial charge in [-0.2, -0.15) is 0 Å². The predicted octanol–water partition coefficient (Wildman–Crippen LogP) is 4.05. The number of nitrogens with zero attached hydrogens (tertiary/aromatic N) is 1. The van der Waals surface area contributed by atoms with Crippen LogP contribution in [0.15, 0.2) is 42.5 Å². The summed E-state index contributed by atoms with van der Waals surface area (Å²) in [6, 6.07) is 16.2. The molecule has 0 saturated carbocycles. The normalized spacial score (nSPS) is 23.8. The van der Waals surface area contributed by atoms with Crippen LogP contribution >= 0.6 is 0 Å². The Labute approximate surface area is 128 Å². The molecule has 0 spiro atoms. The average Bonchev–Trinajstić information content (AvgIpc) is 2.51. The zero-order valence-corrected chi connectivity index (χ0v) is 13.2. The number of fused-ring (bicyclic) bond motifs is 1. The standard InChI is InChI=1S/C19H26N2/c1-3-18-10-11-21(14-15(2)13-20-18)19-9-8-16-6-4-5-7-17(16)12-19/h4-9,12,15,18,20H,3,10-11,13-14H2,1-2H3. The molecule has 1 heterocycles. The minimum absolute atomic E-state index is 0.663. The van der Waals surface area contributed by atoms with Gasteiger partial charge in [0.2, 0.25) is 0 Å². The molecule has 1 aliphatic heterocycles. The summed E-state index contributed by atoms with van der Waals surface area (Å²) in [7, 11) is 0. The molecule has 1 aliphatic rings. The quantitative estimate of drug-likeness (QED) is 0.894. The van der Waals surface area contributed by atoms with Gasteiger partial charge in [0.25, 0.3) is 0 Å². The lowest BCUT2D eigenvalue weighted by Gasteiger charge is -2.33. The van der Waals surface area contributed by atoms with E-state index >= 15 is 0 Å². The van der Waals surface area contributed by atoms with Gasteiger partial charge < -0.3 is 10.2 Å².